The minimum absolute atomic E-state index is 0.141. The van der Waals surface area contributed by atoms with Crippen molar-refractivity contribution in [3.63, 3.8) is 0 Å². The Balaban J connectivity index is 1.97. The van der Waals surface area contributed by atoms with Gasteiger partial charge in [0.1, 0.15) is 5.75 Å². The topological polar surface area (TPSA) is 66.8 Å². The summed E-state index contributed by atoms with van der Waals surface area (Å²) in [4.78, 5) is 24.4. The Bertz CT molecular complexity index is 506. The van der Waals surface area contributed by atoms with Crippen molar-refractivity contribution in [1.29, 1.82) is 0 Å². The van der Waals surface area contributed by atoms with Crippen LogP contribution in [0.4, 0.5) is 0 Å². The molecule has 2 rings (SSSR count). The first-order valence-corrected chi connectivity index (χ1v) is 6.72. The van der Waals surface area contributed by atoms with Gasteiger partial charge in [-0.25, -0.2) is 0 Å². The summed E-state index contributed by atoms with van der Waals surface area (Å²) in [6, 6.07) is 7.02. The monoisotopic (exact) mass is 277 g/mol. The fourth-order valence-electron chi connectivity index (χ4n) is 1.96. The van der Waals surface area contributed by atoms with Crippen LogP contribution < -0.4 is 4.74 Å². The van der Waals surface area contributed by atoms with Crippen LogP contribution in [-0.4, -0.2) is 41.6 Å². The van der Waals surface area contributed by atoms with Gasteiger partial charge in [0.15, 0.2) is 0 Å². The normalized spacial score (nSPS) is 15.1. The number of carbonyl (C=O) groups excluding carboxylic acids is 1. The molecule has 0 aliphatic carbocycles. The Morgan fingerprint density at radius 1 is 1.40 bits per heavy atom. The van der Waals surface area contributed by atoms with Gasteiger partial charge in [0.05, 0.1) is 12.5 Å². The van der Waals surface area contributed by atoms with E-state index in [0.29, 0.717) is 23.8 Å². The predicted octanol–water partition coefficient (Wildman–Crippen LogP) is 1.88. The molecule has 1 fully saturated rings. The van der Waals surface area contributed by atoms with Crippen molar-refractivity contribution in [1.82, 2.24) is 4.90 Å². The fraction of sp³-hybridized carbons (Fsp3) is 0.467. The molecule has 1 aromatic carbocycles. The Labute approximate surface area is 118 Å². The lowest BCUT2D eigenvalue weighted by Gasteiger charge is -2.36. The molecule has 1 heterocycles. The number of carboxylic acids is 1. The van der Waals surface area contributed by atoms with Gasteiger partial charge in [0.2, 0.25) is 0 Å². The van der Waals surface area contributed by atoms with E-state index in [-0.39, 0.29) is 19.0 Å². The second-order valence-corrected chi connectivity index (χ2v) is 5.48. The average molecular weight is 277 g/mol. The maximum Gasteiger partial charge on any atom is 0.310 e. The summed E-state index contributed by atoms with van der Waals surface area (Å²) in [5.74, 6) is -0.333. The SMILES string of the molecule is CC(C)COc1cccc(C(=O)N2CC(C(=O)O)C2)c1. The van der Waals surface area contributed by atoms with E-state index in [4.69, 9.17) is 9.84 Å². The van der Waals surface area contributed by atoms with Crippen LogP contribution in [0, 0.1) is 11.8 Å². The first kappa shape index (κ1) is 14.4. The highest BCUT2D eigenvalue weighted by Gasteiger charge is 2.35. The zero-order valence-electron chi connectivity index (χ0n) is 11.7. The number of benzene rings is 1. The smallest absolute Gasteiger partial charge is 0.310 e. The van der Waals surface area contributed by atoms with Gasteiger partial charge in [-0.3, -0.25) is 9.59 Å². The van der Waals surface area contributed by atoms with Crippen LogP contribution in [0.3, 0.4) is 0 Å². The van der Waals surface area contributed by atoms with Gasteiger partial charge in [-0.2, -0.15) is 0 Å². The first-order chi connectivity index (χ1) is 9.47. The number of ether oxygens (including phenoxy) is 1. The molecule has 0 unspecified atom stereocenters. The van der Waals surface area contributed by atoms with Crippen LogP contribution in [0.2, 0.25) is 0 Å². The summed E-state index contributed by atoms with van der Waals surface area (Å²) < 4.78 is 5.58. The number of hydrogen-bond donors (Lipinski definition) is 1. The van der Waals surface area contributed by atoms with Crippen molar-refractivity contribution in [2.45, 2.75) is 13.8 Å². The highest BCUT2D eigenvalue weighted by molar-refractivity contribution is 5.96. The standard InChI is InChI=1S/C15H19NO4/c1-10(2)9-20-13-5-3-4-11(6-13)14(17)16-7-12(8-16)15(18)19/h3-6,10,12H,7-9H2,1-2H3,(H,18,19). The number of carbonyl (C=O) groups is 2. The van der Waals surface area contributed by atoms with E-state index in [0.717, 1.165) is 0 Å². The molecule has 1 aliphatic heterocycles. The Hall–Kier alpha value is -2.04. The van der Waals surface area contributed by atoms with E-state index in [1.54, 1.807) is 23.1 Å². The average Bonchev–Trinajstić information content (AvgIpc) is 2.34. The first-order valence-electron chi connectivity index (χ1n) is 6.72. The van der Waals surface area contributed by atoms with Gasteiger partial charge >= 0.3 is 5.97 Å². The summed E-state index contributed by atoms with van der Waals surface area (Å²) in [7, 11) is 0. The number of likely N-dealkylation sites (tertiary alicyclic amines) is 1. The minimum atomic E-state index is -0.844. The fourth-order valence-corrected chi connectivity index (χ4v) is 1.96. The van der Waals surface area contributed by atoms with E-state index in [9.17, 15) is 9.59 Å². The van der Waals surface area contributed by atoms with Crippen LogP contribution in [0.5, 0.6) is 5.75 Å². The van der Waals surface area contributed by atoms with E-state index in [2.05, 4.69) is 13.8 Å². The van der Waals surface area contributed by atoms with E-state index < -0.39 is 11.9 Å². The zero-order valence-corrected chi connectivity index (χ0v) is 11.7. The molecule has 20 heavy (non-hydrogen) atoms. The van der Waals surface area contributed by atoms with E-state index in [1.807, 2.05) is 6.07 Å². The summed E-state index contributed by atoms with van der Waals surface area (Å²) in [6.07, 6.45) is 0. The number of amides is 1. The number of rotatable bonds is 5. The van der Waals surface area contributed by atoms with Gasteiger partial charge in [0.25, 0.3) is 5.91 Å². The number of hydrogen-bond acceptors (Lipinski definition) is 3. The van der Waals surface area contributed by atoms with Crippen LogP contribution in [0.1, 0.15) is 24.2 Å². The summed E-state index contributed by atoms with van der Waals surface area (Å²) in [6.45, 7) is 5.28. The lowest BCUT2D eigenvalue weighted by molar-refractivity contribution is -0.146. The molecule has 1 aliphatic rings. The maximum atomic E-state index is 12.2. The van der Waals surface area contributed by atoms with E-state index >= 15 is 0 Å². The largest absolute Gasteiger partial charge is 0.493 e. The van der Waals surface area contributed by atoms with Crippen LogP contribution >= 0.6 is 0 Å². The van der Waals surface area contributed by atoms with Crippen molar-refractivity contribution in [2.75, 3.05) is 19.7 Å². The van der Waals surface area contributed by atoms with Crippen molar-refractivity contribution in [3.8, 4) is 5.75 Å². The summed E-state index contributed by atoms with van der Waals surface area (Å²) in [5.41, 5.74) is 0.537. The molecule has 5 nitrogen and oxygen atoms in total. The molecule has 1 amide bonds. The summed E-state index contributed by atoms with van der Waals surface area (Å²) in [5, 5.41) is 8.81. The second-order valence-electron chi connectivity index (χ2n) is 5.48. The Kier molecular flexibility index (Phi) is 4.27. The molecule has 108 valence electrons. The van der Waals surface area contributed by atoms with Crippen LogP contribution in [0.15, 0.2) is 24.3 Å². The van der Waals surface area contributed by atoms with Gasteiger partial charge in [-0.15, -0.1) is 0 Å². The minimum Gasteiger partial charge on any atom is -0.493 e. The van der Waals surface area contributed by atoms with Gasteiger partial charge in [-0.05, 0) is 24.1 Å². The Morgan fingerprint density at radius 3 is 2.70 bits per heavy atom. The van der Waals surface area contributed by atoms with Crippen molar-refractivity contribution in [2.24, 2.45) is 11.8 Å². The van der Waals surface area contributed by atoms with Gasteiger partial charge in [-0.1, -0.05) is 19.9 Å². The quantitative estimate of drug-likeness (QED) is 0.892. The zero-order chi connectivity index (χ0) is 14.7. The molecular weight excluding hydrogens is 258 g/mol. The van der Waals surface area contributed by atoms with Crippen molar-refractivity contribution < 1.29 is 19.4 Å². The van der Waals surface area contributed by atoms with Crippen LogP contribution in [0.25, 0.3) is 0 Å². The molecule has 0 radical (unpaired) electrons. The van der Waals surface area contributed by atoms with E-state index in [1.165, 1.54) is 0 Å². The molecule has 0 bridgehead atoms. The molecule has 5 heteroatoms. The molecule has 0 atom stereocenters. The Morgan fingerprint density at radius 2 is 2.10 bits per heavy atom. The number of aliphatic carboxylic acids is 1. The molecule has 1 aromatic rings. The lowest BCUT2D eigenvalue weighted by atomic mass is 9.99. The number of nitrogens with zero attached hydrogens (tertiary/aromatic N) is 1. The second kappa shape index (κ2) is 5.94. The third-order valence-electron chi connectivity index (χ3n) is 3.18. The third kappa shape index (κ3) is 3.29. The highest BCUT2D eigenvalue weighted by atomic mass is 16.5. The van der Waals surface area contributed by atoms with Crippen LogP contribution in [-0.2, 0) is 4.79 Å². The third-order valence-corrected chi connectivity index (χ3v) is 3.18. The maximum absolute atomic E-state index is 12.2. The van der Waals surface area contributed by atoms with Crippen molar-refractivity contribution >= 4 is 11.9 Å². The molecule has 0 saturated carbocycles. The molecule has 1 N–H and O–H groups in total. The molecule has 0 spiro atoms. The molecule has 1 saturated heterocycles. The molecule has 0 aromatic heterocycles. The molecular formula is C15H19NO4. The van der Waals surface area contributed by atoms with Gasteiger partial charge < -0.3 is 14.7 Å². The summed E-state index contributed by atoms with van der Waals surface area (Å²) >= 11 is 0. The number of carboxylic acid groups (broad SMARTS) is 1. The lowest BCUT2D eigenvalue weighted by Crippen LogP contribution is -2.53. The van der Waals surface area contributed by atoms with Gasteiger partial charge in [0, 0.05) is 18.7 Å². The predicted molar refractivity (Wildman–Crippen MR) is 73.8 cm³/mol. The highest BCUT2D eigenvalue weighted by Crippen LogP contribution is 2.21. The van der Waals surface area contributed by atoms with Crippen molar-refractivity contribution in [3.05, 3.63) is 29.8 Å².